The van der Waals surface area contributed by atoms with Crippen molar-refractivity contribution in [1.29, 1.82) is 0 Å². The van der Waals surface area contributed by atoms with Gasteiger partial charge in [-0.05, 0) is 46.2 Å². The largest absolute Gasteiger partial charge is 0.135 e. The van der Waals surface area contributed by atoms with Gasteiger partial charge in [0.05, 0.1) is 0 Å². The van der Waals surface area contributed by atoms with Crippen LogP contribution in [0.5, 0.6) is 0 Å². The van der Waals surface area contributed by atoms with E-state index in [0.717, 1.165) is 5.02 Å². The number of hydrogen-bond acceptors (Lipinski definition) is 1. The molecule has 0 atom stereocenters. The monoisotopic (exact) mass is 344 g/mol. The molecule has 1 heterocycles. The Morgan fingerprint density at radius 1 is 0.625 bits per heavy atom. The van der Waals surface area contributed by atoms with Crippen molar-refractivity contribution in [3.05, 3.63) is 83.9 Å². The molecule has 0 amide bonds. The smallest absolute Gasteiger partial charge is 0.0413 e. The highest BCUT2D eigenvalue weighted by atomic mass is 35.5. The summed E-state index contributed by atoms with van der Waals surface area (Å²) in [6.07, 6.45) is 0. The third-order valence-electron chi connectivity index (χ3n) is 4.53. The van der Waals surface area contributed by atoms with Crippen LogP contribution in [0.15, 0.2) is 78.9 Å². The minimum atomic E-state index is 0.792. The molecule has 24 heavy (non-hydrogen) atoms. The van der Waals surface area contributed by atoms with Crippen LogP contribution < -0.4 is 0 Å². The average Bonchev–Trinajstić information content (AvgIpc) is 2.98. The van der Waals surface area contributed by atoms with Gasteiger partial charge in [0.25, 0.3) is 0 Å². The van der Waals surface area contributed by atoms with Gasteiger partial charge >= 0.3 is 0 Å². The zero-order valence-electron chi connectivity index (χ0n) is 12.8. The van der Waals surface area contributed by atoms with Crippen molar-refractivity contribution < 1.29 is 0 Å². The number of fused-ring (bicyclic) bond motifs is 4. The second-order valence-electron chi connectivity index (χ2n) is 5.98. The van der Waals surface area contributed by atoms with Crippen LogP contribution in [-0.4, -0.2) is 0 Å². The van der Waals surface area contributed by atoms with Gasteiger partial charge in [-0.25, -0.2) is 0 Å². The Labute approximate surface area is 148 Å². The number of rotatable bonds is 1. The Morgan fingerprint density at radius 3 is 2.46 bits per heavy atom. The Kier molecular flexibility index (Phi) is 3.12. The normalized spacial score (nSPS) is 11.5. The molecule has 1 aromatic heterocycles. The maximum atomic E-state index is 6.17. The first-order chi connectivity index (χ1) is 11.8. The van der Waals surface area contributed by atoms with Crippen molar-refractivity contribution in [2.24, 2.45) is 0 Å². The number of benzene rings is 4. The number of thiophene rings is 1. The summed E-state index contributed by atoms with van der Waals surface area (Å²) < 4.78 is 2.59. The van der Waals surface area contributed by atoms with Crippen molar-refractivity contribution >= 4 is 53.9 Å². The molecule has 4 aromatic carbocycles. The lowest BCUT2D eigenvalue weighted by Crippen LogP contribution is -1.80. The molecule has 114 valence electrons. The first-order valence-corrected chi connectivity index (χ1v) is 9.09. The molecule has 0 bridgehead atoms. The predicted octanol–water partition coefficient (Wildman–Crippen LogP) is 7.53. The average molecular weight is 345 g/mol. The molecular formula is C22H13ClS. The standard InChI is InChI=1S/C22H13ClS/c23-16-9-11-21-20(13-16)19-10-8-15(12-22(19)24-21)18-7-3-5-14-4-1-2-6-17(14)18/h1-13H. The summed E-state index contributed by atoms with van der Waals surface area (Å²) in [4.78, 5) is 0. The van der Waals surface area contributed by atoms with Gasteiger partial charge in [-0.1, -0.05) is 66.2 Å². The summed E-state index contributed by atoms with van der Waals surface area (Å²) in [6, 6.07) is 27.9. The lowest BCUT2D eigenvalue weighted by molar-refractivity contribution is 1.70. The molecule has 0 spiro atoms. The van der Waals surface area contributed by atoms with Crippen molar-refractivity contribution in [2.45, 2.75) is 0 Å². The fourth-order valence-corrected chi connectivity index (χ4v) is 4.69. The summed E-state index contributed by atoms with van der Waals surface area (Å²) in [7, 11) is 0. The van der Waals surface area contributed by atoms with Gasteiger partial charge in [0.1, 0.15) is 0 Å². The van der Waals surface area contributed by atoms with Crippen LogP contribution in [0.1, 0.15) is 0 Å². The molecule has 0 N–H and O–H groups in total. The maximum Gasteiger partial charge on any atom is 0.0413 e. The first kappa shape index (κ1) is 14.0. The van der Waals surface area contributed by atoms with E-state index in [-0.39, 0.29) is 0 Å². The Morgan fingerprint density at radius 2 is 1.50 bits per heavy atom. The molecule has 0 nitrogen and oxygen atoms in total. The van der Waals surface area contributed by atoms with Crippen LogP contribution in [0, 0.1) is 0 Å². The molecule has 5 rings (SSSR count). The zero-order valence-corrected chi connectivity index (χ0v) is 14.4. The van der Waals surface area contributed by atoms with E-state index in [1.807, 2.05) is 17.4 Å². The van der Waals surface area contributed by atoms with E-state index >= 15 is 0 Å². The number of hydrogen-bond donors (Lipinski definition) is 0. The summed E-state index contributed by atoms with van der Waals surface area (Å²) in [5, 5.41) is 5.88. The van der Waals surface area contributed by atoms with Crippen LogP contribution in [0.25, 0.3) is 42.1 Å². The van der Waals surface area contributed by atoms with Gasteiger partial charge < -0.3 is 0 Å². The van der Waals surface area contributed by atoms with Crippen molar-refractivity contribution in [1.82, 2.24) is 0 Å². The molecule has 0 aliphatic rings. The highest BCUT2D eigenvalue weighted by Crippen LogP contribution is 2.38. The molecule has 0 aliphatic heterocycles. The van der Waals surface area contributed by atoms with E-state index < -0.39 is 0 Å². The van der Waals surface area contributed by atoms with Crippen LogP contribution in [0.3, 0.4) is 0 Å². The molecular weight excluding hydrogens is 332 g/mol. The van der Waals surface area contributed by atoms with E-state index in [1.54, 1.807) is 0 Å². The second-order valence-corrected chi connectivity index (χ2v) is 7.50. The Hall–Kier alpha value is -2.35. The highest BCUT2D eigenvalue weighted by molar-refractivity contribution is 7.25. The summed E-state index contributed by atoms with van der Waals surface area (Å²) >= 11 is 8.00. The molecule has 5 aromatic rings. The second kappa shape index (κ2) is 5.34. The lowest BCUT2D eigenvalue weighted by atomic mass is 9.97. The zero-order chi connectivity index (χ0) is 16.1. The molecule has 0 saturated heterocycles. The SMILES string of the molecule is Clc1ccc2sc3cc(-c4cccc5ccccc45)ccc3c2c1. The fraction of sp³-hybridized carbons (Fsp3) is 0. The summed E-state index contributed by atoms with van der Waals surface area (Å²) in [5.41, 5.74) is 2.54. The maximum absolute atomic E-state index is 6.17. The Bertz CT molecular complexity index is 1210. The van der Waals surface area contributed by atoms with Gasteiger partial charge in [-0.15, -0.1) is 11.3 Å². The summed E-state index contributed by atoms with van der Waals surface area (Å²) in [6.45, 7) is 0. The quantitative estimate of drug-likeness (QED) is 0.295. The van der Waals surface area contributed by atoms with Crippen molar-refractivity contribution in [2.75, 3.05) is 0 Å². The van der Waals surface area contributed by atoms with Crippen molar-refractivity contribution in [3.63, 3.8) is 0 Å². The minimum absolute atomic E-state index is 0.792. The van der Waals surface area contributed by atoms with Crippen LogP contribution in [0.4, 0.5) is 0 Å². The first-order valence-electron chi connectivity index (χ1n) is 7.89. The third kappa shape index (κ3) is 2.13. The topological polar surface area (TPSA) is 0 Å². The van der Waals surface area contributed by atoms with Crippen LogP contribution in [-0.2, 0) is 0 Å². The molecule has 0 fully saturated rings. The fourth-order valence-electron chi connectivity index (χ4n) is 3.39. The lowest BCUT2D eigenvalue weighted by Gasteiger charge is -2.07. The third-order valence-corrected chi connectivity index (χ3v) is 5.90. The van der Waals surface area contributed by atoms with E-state index in [2.05, 4.69) is 72.8 Å². The molecule has 0 unspecified atom stereocenters. The van der Waals surface area contributed by atoms with Crippen molar-refractivity contribution in [3.8, 4) is 11.1 Å². The van der Waals surface area contributed by atoms with Gasteiger partial charge in [0, 0.05) is 25.2 Å². The molecule has 0 saturated carbocycles. The minimum Gasteiger partial charge on any atom is -0.135 e. The molecule has 0 radical (unpaired) electrons. The Balaban J connectivity index is 1.79. The van der Waals surface area contributed by atoms with E-state index in [4.69, 9.17) is 11.6 Å². The molecule has 2 heteroatoms. The van der Waals surface area contributed by atoms with Gasteiger partial charge in [-0.3, -0.25) is 0 Å². The van der Waals surface area contributed by atoms with Gasteiger partial charge in [0.15, 0.2) is 0 Å². The highest BCUT2D eigenvalue weighted by Gasteiger charge is 2.09. The predicted molar refractivity (Wildman–Crippen MR) is 107 cm³/mol. The van der Waals surface area contributed by atoms with Crippen LogP contribution in [0.2, 0.25) is 5.02 Å². The van der Waals surface area contributed by atoms with E-state index in [0.29, 0.717) is 0 Å². The van der Waals surface area contributed by atoms with Crippen LogP contribution >= 0.6 is 22.9 Å². The van der Waals surface area contributed by atoms with Gasteiger partial charge in [-0.2, -0.15) is 0 Å². The van der Waals surface area contributed by atoms with E-state index in [1.165, 1.54) is 42.1 Å². The van der Waals surface area contributed by atoms with E-state index in [9.17, 15) is 0 Å². The van der Waals surface area contributed by atoms with Gasteiger partial charge in [0.2, 0.25) is 0 Å². The molecule has 0 aliphatic carbocycles. The number of halogens is 1. The summed E-state index contributed by atoms with van der Waals surface area (Å²) in [5.74, 6) is 0.